The Hall–Kier alpha value is -1.52. The normalized spacial score (nSPS) is 20.4. The number of nitrogens with one attached hydrogen (secondary N) is 1. The maximum Gasteiger partial charge on any atom is 0.407 e. The maximum absolute atomic E-state index is 11.9. The van der Waals surface area contributed by atoms with E-state index in [-0.39, 0.29) is 18.8 Å². The minimum absolute atomic E-state index is 0.136. The first-order valence-electron chi connectivity index (χ1n) is 7.83. The second-order valence-corrected chi connectivity index (χ2v) is 6.13. The molecule has 2 rings (SSSR count). The van der Waals surface area contributed by atoms with Gasteiger partial charge in [-0.15, -0.1) is 0 Å². The zero-order valence-electron chi connectivity index (χ0n) is 12.8. The van der Waals surface area contributed by atoms with Gasteiger partial charge >= 0.3 is 12.1 Å². The fraction of sp³-hybridized carbons (Fsp3) is 0.750. The fourth-order valence-electron chi connectivity index (χ4n) is 3.14. The van der Waals surface area contributed by atoms with Gasteiger partial charge in [-0.2, -0.15) is 0 Å². The summed E-state index contributed by atoms with van der Waals surface area (Å²) < 4.78 is 10.7. The van der Waals surface area contributed by atoms with E-state index in [1.807, 2.05) is 0 Å². The Bertz CT molecular complexity index is 409. The highest BCUT2D eigenvalue weighted by atomic mass is 16.6. The van der Waals surface area contributed by atoms with Gasteiger partial charge in [-0.25, -0.2) is 9.59 Å². The van der Waals surface area contributed by atoms with Gasteiger partial charge in [0.2, 0.25) is 0 Å². The summed E-state index contributed by atoms with van der Waals surface area (Å²) in [5.74, 6) is 0.0962. The lowest BCUT2D eigenvalue weighted by Gasteiger charge is -2.42. The van der Waals surface area contributed by atoms with E-state index >= 15 is 0 Å². The smallest absolute Gasteiger partial charge is 0.407 e. The number of alkyl carbamates (subject to hydrolysis) is 1. The fourth-order valence-corrected chi connectivity index (χ4v) is 3.14. The average Bonchev–Trinajstić information content (AvgIpc) is 2.80. The van der Waals surface area contributed by atoms with Crippen molar-refractivity contribution in [2.45, 2.75) is 57.5 Å². The molecule has 0 bridgehead atoms. The number of amides is 1. The summed E-state index contributed by atoms with van der Waals surface area (Å²) in [5, 5.41) is 2.66. The quantitative estimate of drug-likeness (QED) is 0.465. The number of rotatable bonds is 6. The molecule has 5 nitrogen and oxygen atoms in total. The van der Waals surface area contributed by atoms with E-state index < -0.39 is 12.1 Å². The minimum Gasteiger partial charge on any atom is -0.460 e. The van der Waals surface area contributed by atoms with Crippen LogP contribution in [0.25, 0.3) is 0 Å². The summed E-state index contributed by atoms with van der Waals surface area (Å²) in [7, 11) is 0. The minimum atomic E-state index is -0.438. The molecule has 0 unspecified atom stereocenters. The summed E-state index contributed by atoms with van der Waals surface area (Å²) in [6.07, 6.45) is 7.43. The van der Waals surface area contributed by atoms with Crippen molar-refractivity contribution in [1.29, 1.82) is 0 Å². The lowest BCUT2D eigenvalue weighted by atomic mass is 9.72. The zero-order chi connectivity index (χ0) is 15.3. The van der Waals surface area contributed by atoms with Gasteiger partial charge in [-0.05, 0) is 51.4 Å². The molecule has 1 N–H and O–H groups in total. The van der Waals surface area contributed by atoms with Gasteiger partial charge in [0, 0.05) is 5.57 Å². The van der Waals surface area contributed by atoms with E-state index in [1.165, 1.54) is 19.3 Å². The molecular formula is C16H25NO4. The molecule has 0 saturated heterocycles. The maximum atomic E-state index is 11.9. The molecule has 2 aliphatic carbocycles. The van der Waals surface area contributed by atoms with Crippen LogP contribution in [0.2, 0.25) is 0 Å². The molecule has 0 aromatic carbocycles. The molecule has 0 aromatic rings. The van der Waals surface area contributed by atoms with Crippen LogP contribution in [0, 0.1) is 5.92 Å². The summed E-state index contributed by atoms with van der Waals surface area (Å²) in [5.41, 5.74) is 0.115. The van der Waals surface area contributed by atoms with Crippen molar-refractivity contribution in [2.24, 2.45) is 5.92 Å². The number of carbonyl (C=O) groups is 2. The largest absolute Gasteiger partial charge is 0.460 e. The SMILES string of the molecule is C=C(C)C(=O)OCCNC(=O)OC1(C2CCC2)CCCC1. The highest BCUT2D eigenvalue weighted by Crippen LogP contribution is 2.47. The van der Waals surface area contributed by atoms with Crippen molar-refractivity contribution in [3.63, 3.8) is 0 Å². The number of esters is 1. The second kappa shape index (κ2) is 6.96. The van der Waals surface area contributed by atoms with Crippen LogP contribution in [-0.2, 0) is 14.3 Å². The molecule has 0 spiro atoms. The molecule has 0 heterocycles. The number of hydrogen-bond donors (Lipinski definition) is 1. The molecule has 21 heavy (non-hydrogen) atoms. The van der Waals surface area contributed by atoms with Crippen molar-refractivity contribution in [3.8, 4) is 0 Å². The van der Waals surface area contributed by atoms with Gasteiger partial charge in [-0.1, -0.05) is 13.0 Å². The van der Waals surface area contributed by atoms with Crippen molar-refractivity contribution in [1.82, 2.24) is 5.32 Å². The third-order valence-electron chi connectivity index (χ3n) is 4.55. The van der Waals surface area contributed by atoms with Crippen molar-refractivity contribution >= 4 is 12.1 Å². The van der Waals surface area contributed by atoms with Crippen molar-refractivity contribution in [2.75, 3.05) is 13.2 Å². The van der Waals surface area contributed by atoms with Crippen LogP contribution in [0.15, 0.2) is 12.2 Å². The summed E-state index contributed by atoms with van der Waals surface area (Å²) in [4.78, 5) is 23.1. The zero-order valence-corrected chi connectivity index (χ0v) is 12.8. The lowest BCUT2D eigenvalue weighted by molar-refractivity contribution is -0.138. The average molecular weight is 295 g/mol. The van der Waals surface area contributed by atoms with Gasteiger partial charge in [0.15, 0.2) is 0 Å². The van der Waals surface area contributed by atoms with Gasteiger partial charge in [0.25, 0.3) is 0 Å². The first-order chi connectivity index (χ1) is 10.0. The van der Waals surface area contributed by atoms with E-state index in [0.717, 1.165) is 25.7 Å². The van der Waals surface area contributed by atoms with E-state index in [0.29, 0.717) is 11.5 Å². The standard InChI is InChI=1S/C16H25NO4/c1-12(2)14(18)20-11-10-17-15(19)21-16(8-3-4-9-16)13-6-5-7-13/h13H,1,3-11H2,2H3,(H,17,19). The van der Waals surface area contributed by atoms with Crippen molar-refractivity contribution in [3.05, 3.63) is 12.2 Å². The molecular weight excluding hydrogens is 270 g/mol. The molecule has 0 aromatic heterocycles. The van der Waals surface area contributed by atoms with Crippen molar-refractivity contribution < 1.29 is 19.1 Å². The molecule has 2 aliphatic rings. The lowest BCUT2D eigenvalue weighted by Crippen LogP contribution is -2.46. The van der Waals surface area contributed by atoms with E-state index in [4.69, 9.17) is 9.47 Å². The first-order valence-corrected chi connectivity index (χ1v) is 7.83. The van der Waals surface area contributed by atoms with Crippen LogP contribution in [0.1, 0.15) is 51.9 Å². The second-order valence-electron chi connectivity index (χ2n) is 6.13. The van der Waals surface area contributed by atoms with Crippen LogP contribution in [0.4, 0.5) is 4.79 Å². The Kier molecular flexibility index (Phi) is 5.26. The van der Waals surface area contributed by atoms with Gasteiger partial charge < -0.3 is 14.8 Å². The Morgan fingerprint density at radius 1 is 1.24 bits per heavy atom. The van der Waals surface area contributed by atoms with Crippen LogP contribution >= 0.6 is 0 Å². The molecule has 0 atom stereocenters. The summed E-state index contributed by atoms with van der Waals surface area (Å²) in [6, 6.07) is 0. The summed E-state index contributed by atoms with van der Waals surface area (Å²) >= 11 is 0. The Balaban J connectivity index is 1.70. The summed E-state index contributed by atoms with van der Waals surface area (Å²) in [6.45, 7) is 5.48. The van der Waals surface area contributed by atoms with Gasteiger partial charge in [0.1, 0.15) is 12.2 Å². The van der Waals surface area contributed by atoms with Gasteiger partial charge in [0.05, 0.1) is 6.54 Å². The van der Waals surface area contributed by atoms with E-state index in [9.17, 15) is 9.59 Å². The van der Waals surface area contributed by atoms with Crippen LogP contribution in [0.5, 0.6) is 0 Å². The van der Waals surface area contributed by atoms with Crippen LogP contribution < -0.4 is 5.32 Å². The Labute approximate surface area is 126 Å². The monoisotopic (exact) mass is 295 g/mol. The predicted octanol–water partition coefficient (Wildman–Crippen LogP) is 2.94. The highest BCUT2D eigenvalue weighted by Gasteiger charge is 2.46. The van der Waals surface area contributed by atoms with Crippen LogP contribution in [-0.4, -0.2) is 30.8 Å². The first kappa shape index (κ1) is 15.9. The third-order valence-corrected chi connectivity index (χ3v) is 4.55. The molecule has 118 valence electrons. The highest BCUT2D eigenvalue weighted by molar-refractivity contribution is 5.86. The van der Waals surface area contributed by atoms with E-state index in [2.05, 4.69) is 11.9 Å². The molecule has 2 fully saturated rings. The molecule has 0 radical (unpaired) electrons. The predicted molar refractivity (Wildman–Crippen MR) is 78.8 cm³/mol. The number of carbonyl (C=O) groups excluding carboxylic acids is 2. The number of hydrogen-bond acceptors (Lipinski definition) is 4. The number of ether oxygens (including phenoxy) is 2. The molecule has 2 saturated carbocycles. The third kappa shape index (κ3) is 3.99. The Morgan fingerprint density at radius 2 is 1.90 bits per heavy atom. The topological polar surface area (TPSA) is 64.6 Å². The molecule has 5 heteroatoms. The van der Waals surface area contributed by atoms with E-state index in [1.54, 1.807) is 6.92 Å². The Morgan fingerprint density at radius 3 is 2.43 bits per heavy atom. The van der Waals surface area contributed by atoms with Crippen LogP contribution in [0.3, 0.4) is 0 Å². The molecule has 1 amide bonds. The van der Waals surface area contributed by atoms with Gasteiger partial charge in [-0.3, -0.25) is 0 Å². The molecule has 0 aliphatic heterocycles.